The fraction of sp³-hybridized carbons (Fsp3) is 0.350. The number of benzene rings is 2. The molecule has 0 aromatic heterocycles. The number of ether oxygens (including phenoxy) is 2. The summed E-state index contributed by atoms with van der Waals surface area (Å²) >= 11 is 0. The van der Waals surface area contributed by atoms with Gasteiger partial charge in [-0.3, -0.25) is 4.79 Å². The molecule has 3 aliphatic rings. The molecule has 0 unspecified atom stereocenters. The molecule has 0 N–H and O–H groups in total. The van der Waals surface area contributed by atoms with Crippen LogP contribution in [0.3, 0.4) is 0 Å². The fourth-order valence-corrected chi connectivity index (χ4v) is 5.35. The van der Waals surface area contributed by atoms with E-state index in [4.69, 9.17) is 9.47 Å². The minimum absolute atomic E-state index is 0.0801. The SMILES string of the molecule is O=C1O[C@@H]2CC[C@H]1N(S(=O)(=O)c1ccc(OCc3cc(F)ccc3C(F)(F)F)cc1)C2. The largest absolute Gasteiger partial charge is 0.489 e. The Labute approximate surface area is 175 Å². The van der Waals surface area contributed by atoms with Crippen molar-refractivity contribution in [2.75, 3.05) is 6.54 Å². The highest BCUT2D eigenvalue weighted by atomic mass is 32.2. The Morgan fingerprint density at radius 2 is 1.81 bits per heavy atom. The van der Waals surface area contributed by atoms with Gasteiger partial charge in [-0.25, -0.2) is 12.8 Å². The van der Waals surface area contributed by atoms with Gasteiger partial charge in [0, 0.05) is 5.56 Å². The average molecular weight is 459 g/mol. The van der Waals surface area contributed by atoms with Crippen LogP contribution in [0.1, 0.15) is 24.0 Å². The van der Waals surface area contributed by atoms with Crippen molar-refractivity contribution in [3.05, 3.63) is 59.4 Å². The number of carbonyl (C=O) groups is 1. The van der Waals surface area contributed by atoms with Gasteiger partial charge in [0.1, 0.15) is 30.3 Å². The molecule has 166 valence electrons. The topological polar surface area (TPSA) is 72.9 Å². The number of rotatable bonds is 5. The average Bonchev–Trinajstić information content (AvgIpc) is 2.72. The zero-order chi connectivity index (χ0) is 22.4. The van der Waals surface area contributed by atoms with E-state index >= 15 is 0 Å². The molecular formula is C20H17F4NO5S. The van der Waals surface area contributed by atoms with Gasteiger partial charge in [-0.05, 0) is 55.3 Å². The number of fused-ring (bicyclic) bond motifs is 3. The van der Waals surface area contributed by atoms with Gasteiger partial charge in [0.05, 0.1) is 17.0 Å². The maximum atomic E-state index is 13.4. The highest BCUT2D eigenvalue weighted by Gasteiger charge is 2.47. The number of nitrogens with zero attached hydrogens (tertiary/aromatic N) is 1. The van der Waals surface area contributed by atoms with Crippen molar-refractivity contribution in [2.24, 2.45) is 0 Å². The van der Waals surface area contributed by atoms with Crippen LogP contribution in [0.2, 0.25) is 0 Å². The van der Waals surface area contributed by atoms with E-state index in [9.17, 15) is 30.8 Å². The molecule has 0 radical (unpaired) electrons. The quantitative estimate of drug-likeness (QED) is 0.506. The first-order chi connectivity index (χ1) is 14.6. The minimum atomic E-state index is -4.67. The van der Waals surface area contributed by atoms with E-state index < -0.39 is 52.3 Å². The predicted molar refractivity (Wildman–Crippen MR) is 99.0 cm³/mol. The summed E-state index contributed by atoms with van der Waals surface area (Å²) in [5.74, 6) is -1.29. The Morgan fingerprint density at radius 1 is 1.10 bits per heavy atom. The van der Waals surface area contributed by atoms with E-state index in [-0.39, 0.29) is 22.8 Å². The molecule has 0 amide bonds. The summed E-state index contributed by atoms with van der Waals surface area (Å²) in [5, 5.41) is 0. The van der Waals surface area contributed by atoms with E-state index in [1.807, 2.05) is 0 Å². The third-order valence-corrected chi connectivity index (χ3v) is 7.13. The highest BCUT2D eigenvalue weighted by molar-refractivity contribution is 7.89. The lowest BCUT2D eigenvalue weighted by Crippen LogP contribution is -2.58. The van der Waals surface area contributed by atoms with E-state index in [0.29, 0.717) is 18.9 Å². The van der Waals surface area contributed by atoms with Gasteiger partial charge >= 0.3 is 12.1 Å². The number of esters is 1. The number of morpholine rings is 1. The Kier molecular flexibility index (Phi) is 5.42. The molecule has 3 saturated heterocycles. The maximum Gasteiger partial charge on any atom is 0.416 e. The summed E-state index contributed by atoms with van der Waals surface area (Å²) in [4.78, 5) is 11.8. The summed E-state index contributed by atoms with van der Waals surface area (Å²) in [6, 6.07) is 6.31. The summed E-state index contributed by atoms with van der Waals surface area (Å²) < 4.78 is 90.0. The highest BCUT2D eigenvalue weighted by Crippen LogP contribution is 2.34. The van der Waals surface area contributed by atoms with Gasteiger partial charge in [0.15, 0.2) is 0 Å². The van der Waals surface area contributed by atoms with Gasteiger partial charge in [-0.1, -0.05) is 0 Å². The zero-order valence-electron chi connectivity index (χ0n) is 15.9. The Bertz CT molecular complexity index is 1100. The van der Waals surface area contributed by atoms with Crippen LogP contribution < -0.4 is 4.74 Å². The number of hydrogen-bond acceptors (Lipinski definition) is 5. The van der Waals surface area contributed by atoms with E-state index in [1.165, 1.54) is 24.3 Å². The fourth-order valence-electron chi connectivity index (χ4n) is 3.71. The van der Waals surface area contributed by atoms with Crippen molar-refractivity contribution in [3.63, 3.8) is 0 Å². The van der Waals surface area contributed by atoms with Crippen LogP contribution in [-0.2, 0) is 32.3 Å². The third kappa shape index (κ3) is 4.24. The van der Waals surface area contributed by atoms with E-state index in [0.717, 1.165) is 16.4 Å². The maximum absolute atomic E-state index is 13.4. The van der Waals surface area contributed by atoms with Gasteiger partial charge < -0.3 is 9.47 Å². The predicted octanol–water partition coefficient (Wildman–Crippen LogP) is 3.50. The van der Waals surface area contributed by atoms with Crippen molar-refractivity contribution in [1.29, 1.82) is 0 Å². The molecule has 0 spiro atoms. The van der Waals surface area contributed by atoms with Crippen LogP contribution in [0.15, 0.2) is 47.4 Å². The molecule has 3 aliphatic heterocycles. The second-order valence-corrected chi connectivity index (χ2v) is 9.18. The van der Waals surface area contributed by atoms with Gasteiger partial charge in [-0.2, -0.15) is 17.5 Å². The zero-order valence-corrected chi connectivity index (χ0v) is 16.7. The smallest absolute Gasteiger partial charge is 0.416 e. The van der Waals surface area contributed by atoms with Crippen molar-refractivity contribution >= 4 is 16.0 Å². The Balaban J connectivity index is 1.50. The molecule has 2 bridgehead atoms. The molecule has 6 nitrogen and oxygen atoms in total. The van der Waals surface area contributed by atoms with Crippen LogP contribution >= 0.6 is 0 Å². The number of sulfonamides is 1. The van der Waals surface area contributed by atoms with E-state index in [1.54, 1.807) is 0 Å². The molecule has 5 rings (SSSR count). The second kappa shape index (κ2) is 7.79. The van der Waals surface area contributed by atoms with Gasteiger partial charge in [0.25, 0.3) is 0 Å². The molecule has 2 aromatic rings. The van der Waals surface area contributed by atoms with Crippen LogP contribution in [0.25, 0.3) is 0 Å². The number of carbonyl (C=O) groups excluding carboxylic acids is 1. The molecule has 2 aromatic carbocycles. The minimum Gasteiger partial charge on any atom is -0.489 e. The number of halogens is 4. The normalized spacial score (nSPS) is 21.7. The Hall–Kier alpha value is -2.66. The molecule has 0 saturated carbocycles. The summed E-state index contributed by atoms with van der Waals surface area (Å²) in [6.07, 6.45) is -4.14. The molecule has 0 aliphatic carbocycles. The van der Waals surface area contributed by atoms with Crippen LogP contribution in [0, 0.1) is 5.82 Å². The first kappa shape index (κ1) is 21.6. The summed E-state index contributed by atoms with van der Waals surface area (Å²) in [6.45, 7) is -0.475. The molecule has 3 heterocycles. The molecule has 3 fully saturated rings. The van der Waals surface area contributed by atoms with Gasteiger partial charge in [0.2, 0.25) is 10.0 Å². The molecule has 2 atom stereocenters. The molecule has 31 heavy (non-hydrogen) atoms. The second-order valence-electron chi connectivity index (χ2n) is 7.29. The number of alkyl halides is 3. The lowest BCUT2D eigenvalue weighted by Gasteiger charge is -2.42. The third-order valence-electron chi connectivity index (χ3n) is 5.25. The van der Waals surface area contributed by atoms with Crippen LogP contribution in [0.5, 0.6) is 5.75 Å². The van der Waals surface area contributed by atoms with Crippen LogP contribution in [0.4, 0.5) is 17.6 Å². The van der Waals surface area contributed by atoms with E-state index in [2.05, 4.69) is 0 Å². The number of hydrogen-bond donors (Lipinski definition) is 0. The Morgan fingerprint density at radius 3 is 2.42 bits per heavy atom. The molecular weight excluding hydrogens is 442 g/mol. The van der Waals surface area contributed by atoms with Gasteiger partial charge in [-0.15, -0.1) is 0 Å². The first-order valence-electron chi connectivity index (χ1n) is 9.36. The lowest BCUT2D eigenvalue weighted by atomic mass is 9.99. The number of piperidine rings is 1. The standard InChI is InChI=1S/C20H17F4NO5S/c21-13-1-7-17(20(22,23)24)12(9-13)11-29-14-2-5-16(6-3-14)31(27,28)25-10-15-4-8-18(25)19(26)30-15/h1-3,5-7,9,15,18H,4,8,10-11H2/t15-,18-/m1/s1. The lowest BCUT2D eigenvalue weighted by molar-refractivity contribution is -0.169. The van der Waals surface area contributed by atoms with Crippen LogP contribution in [-0.4, -0.2) is 37.4 Å². The van der Waals surface area contributed by atoms with Crippen molar-refractivity contribution in [2.45, 2.75) is 42.7 Å². The molecule has 11 heteroatoms. The van der Waals surface area contributed by atoms with Crippen molar-refractivity contribution < 1.29 is 40.2 Å². The van der Waals surface area contributed by atoms with Crippen molar-refractivity contribution in [1.82, 2.24) is 4.31 Å². The van der Waals surface area contributed by atoms with Crippen molar-refractivity contribution in [3.8, 4) is 5.75 Å². The monoisotopic (exact) mass is 459 g/mol. The first-order valence-corrected chi connectivity index (χ1v) is 10.8. The summed E-state index contributed by atoms with van der Waals surface area (Å²) in [7, 11) is -3.96. The summed E-state index contributed by atoms with van der Waals surface area (Å²) in [5.41, 5.74) is -1.40.